The first kappa shape index (κ1) is 17.7. The van der Waals surface area contributed by atoms with Crippen molar-refractivity contribution in [2.45, 2.75) is 15.5 Å². The molecule has 0 bridgehead atoms. The molecule has 9 heteroatoms. The molecule has 0 N–H and O–H groups in total. The number of hydrogen-bond acceptors (Lipinski definition) is 9. The third-order valence-electron chi connectivity index (χ3n) is 1.70. The number of thioether (sulfide) groups is 3. The fourth-order valence-electron chi connectivity index (χ4n) is 0.919. The van der Waals surface area contributed by atoms with E-state index in [9.17, 15) is 0 Å². The molecule has 0 aliphatic heterocycles. The summed E-state index contributed by atoms with van der Waals surface area (Å²) in [5.74, 6) is 1.15. The van der Waals surface area contributed by atoms with Crippen molar-refractivity contribution in [3.8, 4) is 0 Å². The first-order chi connectivity index (χ1) is 10.3. The number of nitrogens with zero attached hydrogens (tertiary/aromatic N) is 3. The number of ether oxygens (including phenoxy) is 3. The fraction of sp³-hybridized carbons (Fsp3) is 0.250. The van der Waals surface area contributed by atoms with E-state index in [4.69, 9.17) is 14.2 Å². The lowest BCUT2D eigenvalue weighted by Gasteiger charge is -2.06. The molecule has 0 spiro atoms. The van der Waals surface area contributed by atoms with Crippen LogP contribution in [0.25, 0.3) is 0 Å². The van der Waals surface area contributed by atoms with Crippen molar-refractivity contribution in [1.82, 2.24) is 15.0 Å². The van der Waals surface area contributed by atoms with E-state index in [1.165, 1.54) is 54.1 Å². The van der Waals surface area contributed by atoms with Crippen LogP contribution >= 0.6 is 35.3 Å². The smallest absolute Gasteiger partial charge is 0.195 e. The summed E-state index contributed by atoms with van der Waals surface area (Å²) in [4.78, 5) is 12.9. The van der Waals surface area contributed by atoms with Crippen molar-refractivity contribution >= 4 is 35.3 Å². The summed E-state index contributed by atoms with van der Waals surface area (Å²) >= 11 is 4.04. The number of aromatic nitrogens is 3. The Morgan fingerprint density at radius 2 is 0.952 bits per heavy atom. The Kier molecular flexibility index (Phi) is 9.58. The number of hydrogen-bond donors (Lipinski definition) is 0. The molecule has 6 nitrogen and oxygen atoms in total. The van der Waals surface area contributed by atoms with E-state index in [0.717, 1.165) is 0 Å². The van der Waals surface area contributed by atoms with Gasteiger partial charge in [-0.3, -0.25) is 0 Å². The van der Waals surface area contributed by atoms with Gasteiger partial charge in [-0.15, -0.1) is 0 Å². The Morgan fingerprint density at radius 1 is 0.667 bits per heavy atom. The Morgan fingerprint density at radius 3 is 1.19 bits per heavy atom. The maximum absolute atomic E-state index is 5.05. The summed E-state index contributed by atoms with van der Waals surface area (Å²) in [6.45, 7) is 10.4. The van der Waals surface area contributed by atoms with Crippen LogP contribution in [0.4, 0.5) is 0 Å². The molecule has 114 valence electrons. The Hall–Kier alpha value is -1.32. The van der Waals surface area contributed by atoms with E-state index >= 15 is 0 Å². The summed E-state index contributed by atoms with van der Waals surface area (Å²) < 4.78 is 15.2. The molecule has 0 amide bonds. The fourth-order valence-corrected chi connectivity index (χ4v) is 2.81. The monoisotopic (exact) mass is 345 g/mol. The van der Waals surface area contributed by atoms with Gasteiger partial charge in [0.2, 0.25) is 0 Å². The predicted octanol–water partition coefficient (Wildman–Crippen LogP) is 3.50. The summed E-state index contributed by atoms with van der Waals surface area (Å²) in [5, 5.41) is 1.69. The first-order valence-electron chi connectivity index (χ1n) is 5.62. The van der Waals surface area contributed by atoms with Crippen molar-refractivity contribution in [2.75, 3.05) is 17.8 Å². The maximum Gasteiger partial charge on any atom is 0.195 e. The van der Waals surface area contributed by atoms with E-state index in [-0.39, 0.29) is 0 Å². The molecule has 21 heavy (non-hydrogen) atoms. The van der Waals surface area contributed by atoms with Crippen LogP contribution in [0.1, 0.15) is 0 Å². The molecule has 0 radical (unpaired) electrons. The zero-order valence-electron chi connectivity index (χ0n) is 11.3. The van der Waals surface area contributed by atoms with Gasteiger partial charge in [0.25, 0.3) is 0 Å². The minimum atomic E-state index is 0.383. The molecule has 0 fully saturated rings. The highest BCUT2D eigenvalue weighted by Gasteiger charge is 2.09. The van der Waals surface area contributed by atoms with Crippen molar-refractivity contribution in [2.24, 2.45) is 0 Å². The Balaban J connectivity index is 2.71. The molecular formula is C12H15N3O3S3. The van der Waals surface area contributed by atoms with Crippen LogP contribution in [0.3, 0.4) is 0 Å². The molecule has 1 rings (SSSR count). The lowest BCUT2D eigenvalue weighted by atomic mass is 11.1. The zero-order valence-corrected chi connectivity index (χ0v) is 13.7. The van der Waals surface area contributed by atoms with Gasteiger partial charge in [0.15, 0.2) is 15.5 Å². The summed E-state index contributed by atoms with van der Waals surface area (Å²) in [5.41, 5.74) is 0. The minimum Gasteiger partial charge on any atom is -0.491 e. The van der Waals surface area contributed by atoms with E-state index < -0.39 is 0 Å². The lowest BCUT2D eigenvalue weighted by Crippen LogP contribution is -1.99. The molecule has 1 aromatic heterocycles. The molecule has 0 unspecified atom stereocenters. The van der Waals surface area contributed by atoms with Gasteiger partial charge >= 0.3 is 0 Å². The van der Waals surface area contributed by atoms with Gasteiger partial charge in [-0.05, 0) is 35.3 Å². The standard InChI is InChI=1S/C12H15N3O3S3/c1-4-16-7-19-10-13-11(20-8-17-5-2)15-12(14-10)21-9-18-6-3/h4-6H,1-3,7-9H2. The molecular weight excluding hydrogens is 330 g/mol. The van der Waals surface area contributed by atoms with Crippen molar-refractivity contribution in [3.63, 3.8) is 0 Å². The summed E-state index contributed by atoms with van der Waals surface area (Å²) in [7, 11) is 0. The van der Waals surface area contributed by atoms with Crippen molar-refractivity contribution < 1.29 is 14.2 Å². The van der Waals surface area contributed by atoms with Crippen LogP contribution in [-0.4, -0.2) is 32.8 Å². The summed E-state index contributed by atoms with van der Waals surface area (Å²) in [6, 6.07) is 0. The van der Waals surface area contributed by atoms with Gasteiger partial charge in [-0.1, -0.05) is 19.7 Å². The van der Waals surface area contributed by atoms with Gasteiger partial charge in [-0.2, -0.15) is 15.0 Å². The lowest BCUT2D eigenvalue weighted by molar-refractivity contribution is 0.317. The van der Waals surface area contributed by atoms with Crippen LogP contribution in [0.15, 0.2) is 54.0 Å². The van der Waals surface area contributed by atoms with E-state index in [2.05, 4.69) is 34.7 Å². The second kappa shape index (κ2) is 11.4. The minimum absolute atomic E-state index is 0.383. The third kappa shape index (κ3) is 7.88. The van der Waals surface area contributed by atoms with E-state index in [1.807, 2.05) is 0 Å². The van der Waals surface area contributed by atoms with Gasteiger partial charge in [0, 0.05) is 0 Å². The van der Waals surface area contributed by atoms with Crippen LogP contribution in [0, 0.1) is 0 Å². The predicted molar refractivity (Wildman–Crippen MR) is 85.8 cm³/mol. The number of rotatable bonds is 12. The molecule has 0 saturated heterocycles. The Labute approximate surface area is 136 Å². The molecule has 0 aliphatic carbocycles. The summed E-state index contributed by atoms with van der Waals surface area (Å²) in [6.07, 6.45) is 4.11. The van der Waals surface area contributed by atoms with E-state index in [1.54, 1.807) is 0 Å². The quantitative estimate of drug-likeness (QED) is 0.245. The van der Waals surface area contributed by atoms with Crippen LogP contribution in [0.5, 0.6) is 0 Å². The highest BCUT2D eigenvalue weighted by atomic mass is 32.2. The molecule has 1 aromatic rings. The zero-order chi connectivity index (χ0) is 15.3. The second-order valence-electron chi connectivity index (χ2n) is 2.97. The van der Waals surface area contributed by atoms with Crippen LogP contribution in [-0.2, 0) is 14.2 Å². The van der Waals surface area contributed by atoms with Gasteiger partial charge in [-0.25, -0.2) is 0 Å². The van der Waals surface area contributed by atoms with Crippen molar-refractivity contribution in [1.29, 1.82) is 0 Å². The third-order valence-corrected chi connectivity index (χ3v) is 3.78. The largest absolute Gasteiger partial charge is 0.491 e. The molecule has 1 heterocycles. The van der Waals surface area contributed by atoms with Crippen molar-refractivity contribution in [3.05, 3.63) is 38.5 Å². The van der Waals surface area contributed by atoms with Gasteiger partial charge in [0.1, 0.15) is 17.8 Å². The molecule has 0 saturated carbocycles. The highest BCUT2D eigenvalue weighted by Crippen LogP contribution is 2.23. The normalized spacial score (nSPS) is 9.71. The maximum atomic E-state index is 5.05. The SMILES string of the molecule is C=COCSc1nc(SCOC=C)nc(SCOC=C)n1. The molecule has 0 aromatic carbocycles. The Bertz CT molecular complexity index is 395. The highest BCUT2D eigenvalue weighted by molar-refractivity contribution is 8.00. The van der Waals surface area contributed by atoms with E-state index in [0.29, 0.717) is 33.3 Å². The van der Waals surface area contributed by atoms with Gasteiger partial charge in [0.05, 0.1) is 18.8 Å². The molecule has 0 aliphatic rings. The second-order valence-corrected chi connectivity index (χ2v) is 5.64. The first-order valence-corrected chi connectivity index (χ1v) is 8.57. The van der Waals surface area contributed by atoms with Crippen LogP contribution < -0.4 is 0 Å². The topological polar surface area (TPSA) is 66.4 Å². The average Bonchev–Trinajstić information content (AvgIpc) is 2.48. The van der Waals surface area contributed by atoms with Gasteiger partial charge < -0.3 is 14.2 Å². The average molecular weight is 345 g/mol. The van der Waals surface area contributed by atoms with Crippen LogP contribution in [0.2, 0.25) is 0 Å². The molecule has 0 atom stereocenters.